The average Bonchev–Trinajstić information content (AvgIpc) is 3.47. The van der Waals surface area contributed by atoms with Gasteiger partial charge in [0.25, 0.3) is 0 Å². The van der Waals surface area contributed by atoms with Gasteiger partial charge in [-0.05, 0) is 38.3 Å². The predicted octanol–water partition coefficient (Wildman–Crippen LogP) is 0.352. The second kappa shape index (κ2) is 6.77. The van der Waals surface area contributed by atoms with Gasteiger partial charge in [0, 0.05) is 62.5 Å². The van der Waals surface area contributed by atoms with E-state index in [1.807, 2.05) is 12.1 Å². The fourth-order valence-electron chi connectivity index (χ4n) is 6.00. The molecule has 1 aliphatic carbocycles. The Balaban J connectivity index is 1.33. The number of rotatable bonds is 3. The lowest BCUT2D eigenvalue weighted by molar-refractivity contribution is -0.135. The first-order chi connectivity index (χ1) is 15.0. The van der Waals surface area contributed by atoms with Gasteiger partial charge in [-0.15, -0.1) is 0 Å². The molecule has 164 valence electrons. The molecule has 1 saturated carbocycles. The molecular weight excluding hydrogens is 394 g/mol. The number of nitrogens with one attached hydrogen (secondary N) is 2. The summed E-state index contributed by atoms with van der Waals surface area (Å²) in [5.41, 5.74) is 2.64. The summed E-state index contributed by atoms with van der Waals surface area (Å²) in [6.45, 7) is 7.35. The van der Waals surface area contributed by atoms with Crippen LogP contribution in [0.5, 0.6) is 0 Å². The standard InChI is InChI=1S/C23H29N5O3/c1-14-13-26(9-10-27(14)15-11-24-12-15)16-3-2-4-17-20(16)23(7-8-23)22(31)28(17)18-5-6-19(29)25-21(18)30/h2-4,14-15,18,24H,5-13H2,1H3,(H,25,29,30)/t14-,18?/m1/s1. The number of nitrogens with zero attached hydrogens (tertiary/aromatic N) is 3. The number of amides is 3. The maximum atomic E-state index is 13.6. The Hall–Kier alpha value is -2.45. The van der Waals surface area contributed by atoms with Crippen molar-refractivity contribution in [1.29, 1.82) is 0 Å². The third-order valence-corrected chi connectivity index (χ3v) is 7.91. The third kappa shape index (κ3) is 2.77. The van der Waals surface area contributed by atoms with Crippen molar-refractivity contribution in [2.24, 2.45) is 0 Å². The normalized spacial score (nSPS) is 30.4. The molecule has 4 heterocycles. The molecule has 1 unspecified atom stereocenters. The molecule has 0 bridgehead atoms. The Kier molecular flexibility index (Phi) is 4.21. The van der Waals surface area contributed by atoms with Crippen molar-refractivity contribution < 1.29 is 14.4 Å². The maximum absolute atomic E-state index is 13.6. The molecule has 1 spiro atoms. The van der Waals surface area contributed by atoms with Crippen LogP contribution in [0.1, 0.15) is 38.2 Å². The third-order valence-electron chi connectivity index (χ3n) is 7.91. The molecule has 3 amide bonds. The Labute approximate surface area is 181 Å². The Morgan fingerprint density at radius 1 is 1.06 bits per heavy atom. The molecule has 8 nitrogen and oxygen atoms in total. The molecule has 0 aromatic heterocycles. The summed E-state index contributed by atoms with van der Waals surface area (Å²) in [7, 11) is 0. The summed E-state index contributed by atoms with van der Waals surface area (Å²) >= 11 is 0. The van der Waals surface area contributed by atoms with Crippen molar-refractivity contribution in [2.45, 2.75) is 56.1 Å². The number of piperazine rings is 1. The minimum absolute atomic E-state index is 0.0386. The van der Waals surface area contributed by atoms with Crippen LogP contribution in [0.25, 0.3) is 0 Å². The number of imide groups is 1. The van der Waals surface area contributed by atoms with Gasteiger partial charge in [-0.3, -0.25) is 29.5 Å². The zero-order valence-corrected chi connectivity index (χ0v) is 17.9. The second-order valence-electron chi connectivity index (χ2n) is 9.74. The van der Waals surface area contributed by atoms with Gasteiger partial charge in [-0.2, -0.15) is 0 Å². The Morgan fingerprint density at radius 2 is 1.84 bits per heavy atom. The lowest BCUT2D eigenvalue weighted by atomic mass is 9.94. The number of carbonyl (C=O) groups is 3. The molecule has 4 aliphatic heterocycles. The second-order valence-corrected chi connectivity index (χ2v) is 9.74. The Bertz CT molecular complexity index is 970. The number of piperidine rings is 1. The van der Waals surface area contributed by atoms with Crippen LogP contribution in [-0.4, -0.2) is 73.5 Å². The summed E-state index contributed by atoms with van der Waals surface area (Å²) in [6.07, 6.45) is 2.34. The fourth-order valence-corrected chi connectivity index (χ4v) is 6.00. The van der Waals surface area contributed by atoms with E-state index in [4.69, 9.17) is 0 Å². The Morgan fingerprint density at radius 3 is 2.48 bits per heavy atom. The zero-order valence-electron chi connectivity index (χ0n) is 17.9. The number of benzene rings is 1. The first kappa shape index (κ1) is 19.3. The molecule has 5 aliphatic rings. The van der Waals surface area contributed by atoms with Crippen LogP contribution in [0, 0.1) is 0 Å². The highest BCUT2D eigenvalue weighted by atomic mass is 16.2. The SMILES string of the molecule is C[C@@H]1CN(c2cccc3c2C2(CC2)C(=O)N3C2CCC(=O)NC2=O)CCN1C1CNC1. The summed E-state index contributed by atoms with van der Waals surface area (Å²) < 4.78 is 0. The van der Waals surface area contributed by atoms with Gasteiger partial charge in [-0.25, -0.2) is 0 Å². The molecule has 1 aromatic rings. The predicted molar refractivity (Wildman–Crippen MR) is 116 cm³/mol. The number of hydrogen-bond acceptors (Lipinski definition) is 6. The van der Waals surface area contributed by atoms with Crippen LogP contribution in [0.15, 0.2) is 18.2 Å². The van der Waals surface area contributed by atoms with Gasteiger partial charge in [0.1, 0.15) is 6.04 Å². The minimum Gasteiger partial charge on any atom is -0.368 e. The largest absolute Gasteiger partial charge is 0.368 e. The number of hydrogen-bond donors (Lipinski definition) is 2. The van der Waals surface area contributed by atoms with Gasteiger partial charge in [0.15, 0.2) is 0 Å². The van der Waals surface area contributed by atoms with Gasteiger partial charge < -0.3 is 10.2 Å². The average molecular weight is 424 g/mol. The molecular formula is C23H29N5O3. The molecule has 2 atom stereocenters. The van der Waals surface area contributed by atoms with Crippen LogP contribution in [0.3, 0.4) is 0 Å². The summed E-state index contributed by atoms with van der Waals surface area (Å²) in [6, 6.07) is 6.63. The minimum atomic E-state index is -0.596. The molecule has 31 heavy (non-hydrogen) atoms. The van der Waals surface area contributed by atoms with Crippen LogP contribution < -0.4 is 20.4 Å². The van der Waals surface area contributed by atoms with E-state index in [0.29, 0.717) is 18.5 Å². The highest BCUT2D eigenvalue weighted by Crippen LogP contribution is 2.61. The molecule has 6 rings (SSSR count). The summed E-state index contributed by atoms with van der Waals surface area (Å²) in [5, 5.41) is 5.79. The summed E-state index contributed by atoms with van der Waals surface area (Å²) in [5.74, 6) is -0.566. The van der Waals surface area contributed by atoms with E-state index in [9.17, 15) is 14.4 Å². The van der Waals surface area contributed by atoms with Crippen molar-refractivity contribution in [3.8, 4) is 0 Å². The van der Waals surface area contributed by atoms with E-state index in [1.54, 1.807) is 4.90 Å². The molecule has 0 radical (unpaired) electrons. The first-order valence-electron chi connectivity index (χ1n) is 11.5. The fraction of sp³-hybridized carbons (Fsp3) is 0.609. The number of fused-ring (bicyclic) bond motifs is 2. The molecule has 2 N–H and O–H groups in total. The van der Waals surface area contributed by atoms with Crippen molar-refractivity contribution >= 4 is 29.1 Å². The zero-order chi connectivity index (χ0) is 21.3. The number of anilines is 2. The quantitative estimate of drug-likeness (QED) is 0.683. The van der Waals surface area contributed by atoms with Crippen molar-refractivity contribution in [3.05, 3.63) is 23.8 Å². The van der Waals surface area contributed by atoms with Gasteiger partial charge in [-0.1, -0.05) is 6.07 Å². The van der Waals surface area contributed by atoms with E-state index in [0.717, 1.165) is 62.5 Å². The van der Waals surface area contributed by atoms with Crippen LogP contribution in [0.4, 0.5) is 11.4 Å². The lowest BCUT2D eigenvalue weighted by Gasteiger charge is -2.48. The van der Waals surface area contributed by atoms with E-state index in [2.05, 4.69) is 33.4 Å². The van der Waals surface area contributed by atoms with E-state index >= 15 is 0 Å². The van der Waals surface area contributed by atoms with Crippen LogP contribution >= 0.6 is 0 Å². The van der Waals surface area contributed by atoms with Crippen LogP contribution in [0.2, 0.25) is 0 Å². The highest BCUT2D eigenvalue weighted by molar-refractivity contribution is 6.16. The van der Waals surface area contributed by atoms with Gasteiger partial charge in [0.2, 0.25) is 17.7 Å². The van der Waals surface area contributed by atoms with Crippen molar-refractivity contribution in [2.75, 3.05) is 42.5 Å². The lowest BCUT2D eigenvalue weighted by Crippen LogP contribution is -2.64. The van der Waals surface area contributed by atoms with Crippen molar-refractivity contribution in [1.82, 2.24) is 15.5 Å². The monoisotopic (exact) mass is 423 g/mol. The highest BCUT2D eigenvalue weighted by Gasteiger charge is 2.62. The number of carbonyl (C=O) groups excluding carboxylic acids is 3. The van der Waals surface area contributed by atoms with E-state index < -0.39 is 11.5 Å². The molecule has 1 aromatic carbocycles. The van der Waals surface area contributed by atoms with E-state index in [-0.39, 0.29) is 24.1 Å². The van der Waals surface area contributed by atoms with Crippen LogP contribution in [-0.2, 0) is 19.8 Å². The van der Waals surface area contributed by atoms with Gasteiger partial charge in [0.05, 0.1) is 11.1 Å². The smallest absolute Gasteiger partial charge is 0.249 e. The maximum Gasteiger partial charge on any atom is 0.249 e. The van der Waals surface area contributed by atoms with Gasteiger partial charge >= 0.3 is 0 Å². The molecule has 3 saturated heterocycles. The topological polar surface area (TPSA) is 85.0 Å². The first-order valence-corrected chi connectivity index (χ1v) is 11.5. The molecule has 8 heteroatoms. The summed E-state index contributed by atoms with van der Waals surface area (Å²) in [4.78, 5) is 44.6. The molecule has 4 fully saturated rings. The van der Waals surface area contributed by atoms with Crippen molar-refractivity contribution in [3.63, 3.8) is 0 Å². The van der Waals surface area contributed by atoms with E-state index in [1.165, 1.54) is 0 Å².